The third-order valence-electron chi connectivity index (χ3n) is 4.45. The van der Waals surface area contributed by atoms with Crippen LogP contribution >= 0.6 is 0 Å². The highest BCUT2D eigenvalue weighted by atomic mass is 32.2. The number of benzene rings is 2. The van der Waals surface area contributed by atoms with Crippen molar-refractivity contribution in [1.82, 2.24) is 19.7 Å². The SMILES string of the molecule is CS(=O)(=O)NCCNc1nc(NCCS(=O)(=O)O)nc(Nc2cccc3cc(S(=O)(=O)O)ccc23)n1. The number of hydrogen-bond acceptors (Lipinski definition) is 12. The van der Waals surface area contributed by atoms with Gasteiger partial charge in [-0.3, -0.25) is 9.11 Å². The minimum absolute atomic E-state index is 0.0179. The van der Waals surface area contributed by atoms with Crippen LogP contribution in [0.5, 0.6) is 0 Å². The molecule has 18 heteroatoms. The zero-order valence-electron chi connectivity index (χ0n) is 18.7. The molecule has 0 radical (unpaired) electrons. The van der Waals surface area contributed by atoms with Crippen LogP contribution in [-0.2, 0) is 30.3 Å². The fourth-order valence-corrected chi connectivity index (χ4v) is 4.29. The molecule has 6 N–H and O–H groups in total. The molecule has 36 heavy (non-hydrogen) atoms. The Morgan fingerprint density at radius 3 is 2.06 bits per heavy atom. The molecular weight excluding hydrogens is 538 g/mol. The van der Waals surface area contributed by atoms with Gasteiger partial charge in [0.15, 0.2) is 0 Å². The fourth-order valence-electron chi connectivity index (χ4n) is 2.94. The first kappa shape index (κ1) is 27.4. The lowest BCUT2D eigenvalue weighted by Gasteiger charge is -2.13. The summed E-state index contributed by atoms with van der Waals surface area (Å²) in [5, 5.41) is 9.53. The molecule has 0 bridgehead atoms. The van der Waals surface area contributed by atoms with Crippen molar-refractivity contribution in [3.63, 3.8) is 0 Å². The van der Waals surface area contributed by atoms with Crippen molar-refractivity contribution in [3.05, 3.63) is 36.4 Å². The van der Waals surface area contributed by atoms with Gasteiger partial charge in [-0.1, -0.05) is 18.2 Å². The minimum Gasteiger partial charge on any atom is -0.353 e. The Morgan fingerprint density at radius 1 is 0.806 bits per heavy atom. The van der Waals surface area contributed by atoms with Crippen LogP contribution in [0.2, 0.25) is 0 Å². The molecule has 1 heterocycles. The summed E-state index contributed by atoms with van der Waals surface area (Å²) in [6, 6.07) is 8.98. The third kappa shape index (κ3) is 8.50. The quantitative estimate of drug-likeness (QED) is 0.129. The predicted molar refractivity (Wildman–Crippen MR) is 133 cm³/mol. The van der Waals surface area contributed by atoms with E-state index in [-0.39, 0.29) is 42.4 Å². The van der Waals surface area contributed by atoms with E-state index >= 15 is 0 Å². The first-order chi connectivity index (χ1) is 16.7. The predicted octanol–water partition coefficient (Wildman–Crippen LogP) is 0.276. The van der Waals surface area contributed by atoms with Gasteiger partial charge in [-0.15, -0.1) is 0 Å². The first-order valence-electron chi connectivity index (χ1n) is 10.1. The van der Waals surface area contributed by atoms with E-state index in [1.807, 2.05) is 0 Å². The number of aromatic nitrogens is 3. The summed E-state index contributed by atoms with van der Waals surface area (Å²) in [6.07, 6.45) is 1.01. The van der Waals surface area contributed by atoms with Crippen molar-refractivity contribution in [2.45, 2.75) is 4.90 Å². The Hall–Kier alpha value is -3.16. The highest BCUT2D eigenvalue weighted by Gasteiger charge is 2.13. The molecule has 1 aromatic heterocycles. The van der Waals surface area contributed by atoms with E-state index in [0.29, 0.717) is 16.5 Å². The molecule has 0 amide bonds. The topological polar surface area (TPSA) is 230 Å². The molecule has 0 saturated heterocycles. The molecule has 3 aromatic rings. The van der Waals surface area contributed by atoms with Crippen LogP contribution in [0, 0.1) is 0 Å². The number of rotatable bonds is 12. The number of fused-ring (bicyclic) bond motifs is 1. The van der Waals surface area contributed by atoms with Crippen molar-refractivity contribution < 1.29 is 34.4 Å². The van der Waals surface area contributed by atoms with Gasteiger partial charge < -0.3 is 16.0 Å². The van der Waals surface area contributed by atoms with E-state index in [1.165, 1.54) is 18.2 Å². The Labute approximate surface area is 207 Å². The van der Waals surface area contributed by atoms with Crippen LogP contribution in [0.1, 0.15) is 0 Å². The number of nitrogens with zero attached hydrogens (tertiary/aromatic N) is 3. The van der Waals surface area contributed by atoms with Crippen LogP contribution in [0.4, 0.5) is 23.5 Å². The molecule has 0 atom stereocenters. The molecule has 0 saturated carbocycles. The van der Waals surface area contributed by atoms with Gasteiger partial charge in [-0.05, 0) is 23.6 Å². The van der Waals surface area contributed by atoms with Gasteiger partial charge in [0, 0.05) is 30.7 Å². The minimum atomic E-state index is -4.39. The van der Waals surface area contributed by atoms with Gasteiger partial charge in [0.1, 0.15) is 0 Å². The van der Waals surface area contributed by atoms with Gasteiger partial charge in [-0.25, -0.2) is 13.1 Å². The smallest absolute Gasteiger partial charge is 0.294 e. The number of anilines is 4. The highest BCUT2D eigenvalue weighted by Crippen LogP contribution is 2.28. The number of nitrogens with one attached hydrogen (secondary N) is 4. The monoisotopic (exact) mass is 561 g/mol. The summed E-state index contributed by atoms with van der Waals surface area (Å²) in [7, 11) is -12.0. The molecule has 0 aliphatic carbocycles. The zero-order chi connectivity index (χ0) is 26.6. The standard InChI is InChI=1S/C18H23N7O8S3/c1-34(26,27)21-8-7-19-16-23-17(20-9-10-35(28,29)30)25-18(24-16)22-15-4-2-3-12-11-13(36(31,32)33)5-6-14(12)15/h2-6,11,21H,7-10H2,1H3,(H,28,29,30)(H,31,32,33)(H3,19,20,22,23,24,25). The largest absolute Gasteiger partial charge is 0.353 e. The van der Waals surface area contributed by atoms with E-state index in [1.54, 1.807) is 18.2 Å². The van der Waals surface area contributed by atoms with E-state index in [4.69, 9.17) is 4.55 Å². The summed E-state index contributed by atoms with van der Waals surface area (Å²) in [5.74, 6) is -0.582. The maximum Gasteiger partial charge on any atom is 0.294 e. The maximum absolute atomic E-state index is 11.4. The molecule has 0 spiro atoms. The van der Waals surface area contributed by atoms with Crippen molar-refractivity contribution in [3.8, 4) is 0 Å². The van der Waals surface area contributed by atoms with Gasteiger partial charge in [0.2, 0.25) is 27.9 Å². The Balaban J connectivity index is 1.88. The molecule has 0 aliphatic rings. The molecule has 0 aliphatic heterocycles. The van der Waals surface area contributed by atoms with Gasteiger partial charge in [0.25, 0.3) is 20.2 Å². The van der Waals surface area contributed by atoms with Crippen LogP contribution < -0.4 is 20.7 Å². The van der Waals surface area contributed by atoms with Crippen LogP contribution in [-0.4, -0.2) is 81.0 Å². The van der Waals surface area contributed by atoms with Crippen LogP contribution in [0.15, 0.2) is 41.3 Å². The van der Waals surface area contributed by atoms with Crippen LogP contribution in [0.25, 0.3) is 10.8 Å². The second kappa shape index (κ2) is 10.8. The fraction of sp³-hybridized carbons (Fsp3) is 0.278. The van der Waals surface area contributed by atoms with Gasteiger partial charge in [0.05, 0.1) is 16.9 Å². The van der Waals surface area contributed by atoms with Crippen molar-refractivity contribution in [2.75, 3.05) is 47.6 Å². The van der Waals surface area contributed by atoms with Crippen molar-refractivity contribution in [1.29, 1.82) is 0 Å². The first-order valence-corrected chi connectivity index (χ1v) is 15.0. The summed E-state index contributed by atoms with van der Waals surface area (Å²) >= 11 is 0. The van der Waals surface area contributed by atoms with E-state index < -0.39 is 36.0 Å². The van der Waals surface area contributed by atoms with Crippen molar-refractivity contribution in [2.24, 2.45) is 0 Å². The number of sulfonamides is 1. The molecule has 15 nitrogen and oxygen atoms in total. The highest BCUT2D eigenvalue weighted by molar-refractivity contribution is 7.88. The molecule has 0 unspecified atom stereocenters. The van der Waals surface area contributed by atoms with Gasteiger partial charge in [-0.2, -0.15) is 31.8 Å². The molecule has 2 aromatic carbocycles. The average Bonchev–Trinajstić information content (AvgIpc) is 2.74. The van der Waals surface area contributed by atoms with E-state index in [2.05, 4.69) is 35.6 Å². The molecule has 3 rings (SSSR count). The van der Waals surface area contributed by atoms with E-state index in [9.17, 15) is 29.8 Å². The maximum atomic E-state index is 11.4. The average molecular weight is 562 g/mol. The second-order valence-electron chi connectivity index (χ2n) is 7.40. The third-order valence-corrected chi connectivity index (χ3v) is 6.75. The second-order valence-corrected chi connectivity index (χ2v) is 12.2. The Bertz CT molecular complexity index is 1580. The summed E-state index contributed by atoms with van der Waals surface area (Å²) < 4.78 is 87.8. The normalized spacial score (nSPS) is 12.4. The Morgan fingerprint density at radius 2 is 1.44 bits per heavy atom. The van der Waals surface area contributed by atoms with Gasteiger partial charge >= 0.3 is 0 Å². The molecule has 0 fully saturated rings. The summed E-state index contributed by atoms with van der Waals surface area (Å²) in [5.41, 5.74) is 0.481. The van der Waals surface area contributed by atoms with E-state index in [0.717, 1.165) is 6.26 Å². The summed E-state index contributed by atoms with van der Waals surface area (Å²) in [6.45, 7) is -0.0457. The lowest BCUT2D eigenvalue weighted by atomic mass is 10.1. The molecular formula is C18H23N7O8S3. The molecule has 196 valence electrons. The Kier molecular flexibility index (Phi) is 8.26. The lowest BCUT2D eigenvalue weighted by Crippen LogP contribution is -2.28. The number of hydrogen-bond donors (Lipinski definition) is 6. The lowest BCUT2D eigenvalue weighted by molar-refractivity contribution is 0.481. The summed E-state index contributed by atoms with van der Waals surface area (Å²) in [4.78, 5) is 12.2. The zero-order valence-corrected chi connectivity index (χ0v) is 21.2. The van der Waals surface area contributed by atoms with Crippen molar-refractivity contribution >= 4 is 64.6 Å². The van der Waals surface area contributed by atoms with Crippen LogP contribution in [0.3, 0.4) is 0 Å².